The number of anilines is 3. The molecular formula is C41H49FN12O2S. The Labute approximate surface area is 336 Å². The molecule has 0 radical (unpaired) electrons. The van der Waals surface area contributed by atoms with E-state index in [-0.39, 0.29) is 18.5 Å². The number of hydrogen-bond donors (Lipinski definition) is 3. The predicted molar refractivity (Wildman–Crippen MR) is 227 cm³/mol. The number of rotatable bonds is 17. The van der Waals surface area contributed by atoms with Gasteiger partial charge in [0.1, 0.15) is 30.8 Å². The van der Waals surface area contributed by atoms with Crippen molar-refractivity contribution in [3.05, 3.63) is 95.8 Å². The number of aromatic nitrogens is 4. The fourth-order valence-electron chi connectivity index (χ4n) is 6.65. The van der Waals surface area contributed by atoms with Gasteiger partial charge in [0.05, 0.1) is 17.3 Å². The van der Waals surface area contributed by atoms with E-state index in [9.17, 15) is 4.79 Å². The molecule has 0 unspecified atom stereocenters. The molecule has 0 atom stereocenters. The number of allylic oxidation sites excluding steroid dienone is 1. The number of piperazine rings is 1. The van der Waals surface area contributed by atoms with E-state index in [0.717, 1.165) is 71.7 Å². The van der Waals surface area contributed by atoms with Gasteiger partial charge < -0.3 is 35.8 Å². The first-order valence-electron chi connectivity index (χ1n) is 18.7. The summed E-state index contributed by atoms with van der Waals surface area (Å²) in [5.41, 5.74) is 10.5. The Morgan fingerprint density at radius 2 is 1.93 bits per heavy atom. The molecule has 2 aromatic heterocycles. The third-order valence-electron chi connectivity index (χ3n) is 9.52. The van der Waals surface area contributed by atoms with Crippen molar-refractivity contribution in [3.8, 4) is 5.75 Å². The molecule has 0 amide bonds. The second-order valence-corrected chi connectivity index (χ2v) is 15.0. The first kappa shape index (κ1) is 40.7. The summed E-state index contributed by atoms with van der Waals surface area (Å²) in [5.74, 6) is 0.761. The average Bonchev–Trinajstić information content (AvgIpc) is 3.54. The van der Waals surface area contributed by atoms with Gasteiger partial charge in [-0.1, -0.05) is 23.9 Å². The highest BCUT2D eigenvalue weighted by Crippen LogP contribution is 2.32. The number of nitrogens with one attached hydrogen (secondary N) is 2. The molecule has 0 bridgehead atoms. The Balaban J connectivity index is 1.06. The quantitative estimate of drug-likeness (QED) is 0.0803. The van der Waals surface area contributed by atoms with Crippen LogP contribution in [-0.2, 0) is 18.4 Å². The van der Waals surface area contributed by atoms with Gasteiger partial charge in [0.25, 0.3) is 0 Å². The molecule has 1 saturated heterocycles. The Morgan fingerprint density at radius 3 is 2.63 bits per heavy atom. The minimum Gasteiger partial charge on any atom is -0.485 e. The zero-order chi connectivity index (χ0) is 40.5. The minimum atomic E-state index is -0.407. The van der Waals surface area contributed by atoms with Crippen LogP contribution in [0.1, 0.15) is 31.5 Å². The number of aryl methyl sites for hydroxylation is 1. The summed E-state index contributed by atoms with van der Waals surface area (Å²) in [6.07, 6.45) is 4.93. The number of nitrogens with zero attached hydrogens (tertiary/aromatic N) is 9. The predicted octanol–water partition coefficient (Wildman–Crippen LogP) is 5.58. The standard InChI is InChI=1S/C41H49FN12O2S/c1-28(2)56-39-38(30(23-43)24-44)48-27-54(45-3)41(39)47-26-46-36-13-11-33(22-35(36)42)57-32-9-6-8-29(20-32)25-52-15-17-53(18-16-52)31-10-12-34-37(21-31)51(5)49-40(34)50(4)14-7-19-55/h6,8-13,19-24,27-28,43,46H,3,7,14-18,25-26,44H2,1-2,4-5H3/b30-24+,43-23?,47-41-. The Kier molecular flexibility index (Phi) is 13.4. The number of carbonyl (C=O) groups excluding carboxylic acids is 1. The van der Waals surface area contributed by atoms with Crippen LogP contribution in [0.5, 0.6) is 5.75 Å². The van der Waals surface area contributed by atoms with Crippen LogP contribution in [-0.4, -0.2) is 96.1 Å². The lowest BCUT2D eigenvalue weighted by atomic mass is 10.1. The molecule has 1 aliphatic heterocycles. The maximum atomic E-state index is 15.4. The number of hydrogen-bond acceptors (Lipinski definition) is 13. The van der Waals surface area contributed by atoms with Gasteiger partial charge in [-0.05, 0) is 67.9 Å². The first-order valence-corrected chi connectivity index (χ1v) is 19.5. The second-order valence-electron chi connectivity index (χ2n) is 13.8. The summed E-state index contributed by atoms with van der Waals surface area (Å²) in [7, 11) is 3.93. The molecule has 57 heavy (non-hydrogen) atoms. The number of halogens is 1. The fourth-order valence-corrected chi connectivity index (χ4v) is 7.58. The van der Waals surface area contributed by atoms with Crippen molar-refractivity contribution in [2.24, 2.45) is 22.9 Å². The summed E-state index contributed by atoms with van der Waals surface area (Å²) in [6.45, 7) is 12.5. The molecule has 14 nitrogen and oxygen atoms in total. The largest absolute Gasteiger partial charge is 0.485 e. The fraction of sp³-hybridized carbons (Fsp3) is 0.317. The van der Waals surface area contributed by atoms with Crippen molar-refractivity contribution in [1.82, 2.24) is 24.3 Å². The number of nitrogens with two attached hydrogens (primary N) is 1. The van der Waals surface area contributed by atoms with Crippen LogP contribution in [0.3, 0.4) is 0 Å². The van der Waals surface area contributed by atoms with E-state index in [1.54, 1.807) is 6.07 Å². The number of fused-ring (bicyclic) bond motifs is 1. The van der Waals surface area contributed by atoms with Crippen LogP contribution >= 0.6 is 11.8 Å². The molecule has 16 heteroatoms. The molecule has 1 aliphatic rings. The second kappa shape index (κ2) is 18.8. The Hall–Kier alpha value is -6.00. The van der Waals surface area contributed by atoms with Gasteiger partial charge in [-0.25, -0.2) is 19.0 Å². The van der Waals surface area contributed by atoms with Gasteiger partial charge in [0.2, 0.25) is 0 Å². The summed E-state index contributed by atoms with van der Waals surface area (Å²) >= 11 is 1.51. The van der Waals surface area contributed by atoms with Gasteiger partial charge in [-0.2, -0.15) is 10.2 Å². The summed E-state index contributed by atoms with van der Waals surface area (Å²) in [5, 5.41) is 20.5. The SMILES string of the molecule is C=Nn1cnc(/C(C=N)=C/N)c(OC(C)C)/c1=N/CNc1ccc(Sc2cccc(CN3CCN(c4ccc5c(N(C)CCC=O)nn(C)c5c4)CC3)c2)cc1F. The van der Waals surface area contributed by atoms with Gasteiger partial charge in [-0.3, -0.25) is 9.58 Å². The highest BCUT2D eigenvalue weighted by atomic mass is 32.2. The number of ether oxygens (including phenoxy) is 1. The van der Waals surface area contributed by atoms with E-state index in [0.29, 0.717) is 35.4 Å². The molecule has 3 aromatic carbocycles. The van der Waals surface area contributed by atoms with Crippen LogP contribution in [0.4, 0.5) is 21.6 Å². The van der Waals surface area contributed by atoms with Crippen molar-refractivity contribution in [2.45, 2.75) is 42.7 Å². The number of aldehydes is 1. The maximum Gasteiger partial charge on any atom is 0.197 e. The molecule has 3 heterocycles. The summed E-state index contributed by atoms with van der Waals surface area (Å²) in [4.78, 5) is 28.5. The zero-order valence-electron chi connectivity index (χ0n) is 32.7. The van der Waals surface area contributed by atoms with Crippen LogP contribution in [0.2, 0.25) is 0 Å². The maximum absolute atomic E-state index is 15.4. The first-order chi connectivity index (χ1) is 27.6. The lowest BCUT2D eigenvalue weighted by molar-refractivity contribution is -0.107. The smallest absolute Gasteiger partial charge is 0.197 e. The normalized spacial score (nSPS) is 14.0. The summed E-state index contributed by atoms with van der Waals surface area (Å²) in [6, 6.07) is 20.0. The molecule has 5 aromatic rings. The van der Waals surface area contributed by atoms with Crippen LogP contribution in [0.25, 0.3) is 16.5 Å². The molecular weight excluding hydrogens is 744 g/mol. The topological polar surface area (TPSA) is 158 Å². The van der Waals surface area contributed by atoms with Crippen LogP contribution in [0, 0.1) is 11.2 Å². The van der Waals surface area contributed by atoms with Gasteiger partial charge in [0, 0.05) is 105 Å². The van der Waals surface area contributed by atoms with E-state index in [2.05, 4.69) is 73.3 Å². The molecule has 0 spiro atoms. The molecule has 0 saturated carbocycles. The van der Waals surface area contributed by atoms with Crippen molar-refractivity contribution in [1.29, 1.82) is 5.41 Å². The molecule has 1 fully saturated rings. The van der Waals surface area contributed by atoms with Crippen molar-refractivity contribution >= 4 is 64.6 Å². The van der Waals surface area contributed by atoms with Crippen molar-refractivity contribution < 1.29 is 13.9 Å². The van der Waals surface area contributed by atoms with Gasteiger partial charge >= 0.3 is 0 Å². The Bertz CT molecular complexity index is 2330. The van der Waals surface area contributed by atoms with Crippen LogP contribution < -0.4 is 31.1 Å². The van der Waals surface area contributed by atoms with Crippen molar-refractivity contribution in [3.63, 3.8) is 0 Å². The van der Waals surface area contributed by atoms with E-state index in [1.165, 1.54) is 46.3 Å². The van der Waals surface area contributed by atoms with Crippen LogP contribution in [0.15, 0.2) is 93.1 Å². The molecule has 0 aliphatic carbocycles. The molecule has 6 rings (SSSR count). The van der Waals surface area contributed by atoms with E-state index >= 15 is 4.39 Å². The van der Waals surface area contributed by atoms with Crippen molar-refractivity contribution in [2.75, 3.05) is 61.6 Å². The Morgan fingerprint density at radius 1 is 1.14 bits per heavy atom. The van der Waals surface area contributed by atoms with E-state index in [1.807, 2.05) is 49.7 Å². The average molecular weight is 793 g/mol. The summed E-state index contributed by atoms with van der Waals surface area (Å²) < 4.78 is 24.7. The lowest BCUT2D eigenvalue weighted by Crippen LogP contribution is -2.45. The third kappa shape index (κ3) is 9.70. The van der Waals surface area contributed by atoms with Gasteiger partial charge in [0.15, 0.2) is 17.1 Å². The highest BCUT2D eigenvalue weighted by molar-refractivity contribution is 7.99. The number of carbonyl (C=O) groups is 1. The monoisotopic (exact) mass is 792 g/mol. The zero-order valence-corrected chi connectivity index (χ0v) is 33.5. The van der Waals surface area contributed by atoms with Gasteiger partial charge in [-0.15, -0.1) is 0 Å². The minimum absolute atomic E-state index is 0.00192. The number of benzene rings is 3. The highest BCUT2D eigenvalue weighted by Gasteiger charge is 2.20. The molecule has 298 valence electrons. The lowest BCUT2D eigenvalue weighted by Gasteiger charge is -2.36. The third-order valence-corrected chi connectivity index (χ3v) is 10.5. The van der Waals surface area contributed by atoms with E-state index in [4.69, 9.17) is 21.0 Å². The molecule has 4 N–H and O–H groups in total. The van der Waals surface area contributed by atoms with E-state index < -0.39 is 5.82 Å².